The maximum atomic E-state index is 13.1. The molecule has 0 aliphatic heterocycles. The molecule has 0 aliphatic carbocycles. The van der Waals surface area contributed by atoms with Crippen molar-refractivity contribution in [1.82, 2.24) is 20.2 Å². The highest BCUT2D eigenvalue weighted by molar-refractivity contribution is 7.99. The van der Waals surface area contributed by atoms with Gasteiger partial charge in [-0.25, -0.2) is 9.78 Å². The van der Waals surface area contributed by atoms with Crippen molar-refractivity contribution in [2.75, 3.05) is 5.75 Å². The minimum Gasteiger partial charge on any atom is -0.333 e. The van der Waals surface area contributed by atoms with E-state index < -0.39 is 17.5 Å². The number of hydrogen-bond donors (Lipinski definition) is 2. The fourth-order valence-electron chi connectivity index (χ4n) is 2.86. The summed E-state index contributed by atoms with van der Waals surface area (Å²) in [6.07, 6.45) is 0. The molecule has 0 unspecified atom stereocenters. The summed E-state index contributed by atoms with van der Waals surface area (Å²) < 4.78 is 1.50. The largest absolute Gasteiger partial charge is 0.333 e. The maximum Gasteiger partial charge on any atom is 0.321 e. The van der Waals surface area contributed by atoms with Crippen molar-refractivity contribution in [3.8, 4) is 0 Å². The Balaban J connectivity index is 1.86. The molecule has 3 aromatic rings. The van der Waals surface area contributed by atoms with E-state index >= 15 is 0 Å². The van der Waals surface area contributed by atoms with Crippen LogP contribution in [0.5, 0.6) is 0 Å². The number of nitrogens with one attached hydrogen (secondary N) is 2. The Kier molecular flexibility index (Phi) is 7.02. The van der Waals surface area contributed by atoms with Crippen LogP contribution in [0.3, 0.4) is 0 Å². The second kappa shape index (κ2) is 9.53. The summed E-state index contributed by atoms with van der Waals surface area (Å²) in [6.45, 7) is 5.67. The molecule has 1 heterocycles. The zero-order chi connectivity index (χ0) is 22.6. The lowest BCUT2D eigenvalue weighted by atomic mass is 10.1. The first-order valence-electron chi connectivity index (χ1n) is 9.62. The molecular weight excluding hydrogens is 436 g/mol. The molecule has 1 aromatic heterocycles. The molecule has 0 saturated carbocycles. The van der Waals surface area contributed by atoms with Crippen molar-refractivity contribution >= 4 is 46.2 Å². The highest BCUT2D eigenvalue weighted by atomic mass is 35.5. The summed E-state index contributed by atoms with van der Waals surface area (Å²) >= 11 is 7.37. The Morgan fingerprint density at radius 2 is 1.77 bits per heavy atom. The van der Waals surface area contributed by atoms with Crippen LogP contribution >= 0.6 is 23.4 Å². The lowest BCUT2D eigenvalue weighted by molar-refractivity contribution is -0.117. The number of carbonyl (C=O) groups excluding carboxylic acids is 2. The van der Waals surface area contributed by atoms with Crippen LogP contribution in [-0.2, 0) is 11.3 Å². The molecule has 0 fully saturated rings. The molecule has 0 spiro atoms. The highest BCUT2D eigenvalue weighted by Gasteiger charge is 2.18. The van der Waals surface area contributed by atoms with Crippen LogP contribution in [0.25, 0.3) is 10.9 Å². The summed E-state index contributed by atoms with van der Waals surface area (Å²) in [6, 6.07) is 13.7. The zero-order valence-electron chi connectivity index (χ0n) is 17.4. The Morgan fingerprint density at radius 3 is 2.48 bits per heavy atom. The van der Waals surface area contributed by atoms with Crippen molar-refractivity contribution in [2.45, 2.75) is 38.0 Å². The summed E-state index contributed by atoms with van der Waals surface area (Å²) in [4.78, 5) is 41.9. The number of para-hydroxylation sites is 1. The fraction of sp³-hybridized carbons (Fsp3) is 0.273. The van der Waals surface area contributed by atoms with Crippen LogP contribution in [-0.4, -0.2) is 32.8 Å². The molecule has 7 nitrogen and oxygen atoms in total. The predicted octanol–water partition coefficient (Wildman–Crippen LogP) is 3.81. The second-order valence-corrected chi connectivity index (χ2v) is 9.28. The van der Waals surface area contributed by atoms with E-state index in [-0.39, 0.29) is 17.9 Å². The van der Waals surface area contributed by atoms with Gasteiger partial charge >= 0.3 is 6.03 Å². The summed E-state index contributed by atoms with van der Waals surface area (Å²) in [7, 11) is 0. The number of aromatic nitrogens is 2. The molecule has 0 aliphatic rings. The number of rotatable bonds is 5. The molecular formula is C22H23ClN4O3S. The van der Waals surface area contributed by atoms with Gasteiger partial charge in [0.05, 0.1) is 23.2 Å². The van der Waals surface area contributed by atoms with Crippen LogP contribution < -0.4 is 16.2 Å². The Bertz CT molecular complexity index is 1190. The molecule has 31 heavy (non-hydrogen) atoms. The van der Waals surface area contributed by atoms with E-state index in [1.807, 2.05) is 39.0 Å². The van der Waals surface area contributed by atoms with Crippen molar-refractivity contribution < 1.29 is 9.59 Å². The fourth-order valence-corrected chi connectivity index (χ4v) is 3.85. The molecule has 0 radical (unpaired) electrons. The van der Waals surface area contributed by atoms with Crippen LogP contribution in [0.15, 0.2) is 58.5 Å². The number of benzene rings is 2. The number of nitrogens with zero attached hydrogens (tertiary/aromatic N) is 2. The van der Waals surface area contributed by atoms with Gasteiger partial charge in [-0.2, -0.15) is 0 Å². The molecule has 162 valence electrons. The molecule has 0 atom stereocenters. The zero-order valence-corrected chi connectivity index (χ0v) is 19.0. The topological polar surface area (TPSA) is 93.1 Å². The van der Waals surface area contributed by atoms with E-state index in [0.29, 0.717) is 21.1 Å². The van der Waals surface area contributed by atoms with Crippen molar-refractivity contribution in [2.24, 2.45) is 0 Å². The van der Waals surface area contributed by atoms with Crippen LogP contribution in [0.2, 0.25) is 5.02 Å². The minimum atomic E-state index is -0.571. The van der Waals surface area contributed by atoms with Gasteiger partial charge in [0.1, 0.15) is 0 Å². The number of thioether (sulfide) groups is 1. The normalized spacial score (nSPS) is 11.4. The average Bonchev–Trinajstić information content (AvgIpc) is 2.68. The van der Waals surface area contributed by atoms with Crippen LogP contribution in [0.1, 0.15) is 26.3 Å². The first-order valence-corrected chi connectivity index (χ1v) is 11.0. The third kappa shape index (κ3) is 6.08. The summed E-state index contributed by atoms with van der Waals surface area (Å²) in [5.41, 5.74) is 0.613. The van der Waals surface area contributed by atoms with Crippen molar-refractivity contribution in [1.29, 1.82) is 0 Å². The van der Waals surface area contributed by atoms with Gasteiger partial charge in [-0.15, -0.1) is 0 Å². The standard InChI is InChI=1S/C22H23ClN4O3S/c1-22(2,3)26-20(30)25-18(28)13-31-21-24-17-11-7-5-9-15(17)19(29)27(21)12-14-8-4-6-10-16(14)23/h4-11H,12-13H2,1-3H3,(H2,25,26,28,30). The predicted molar refractivity (Wildman–Crippen MR) is 124 cm³/mol. The van der Waals surface area contributed by atoms with E-state index in [1.54, 1.807) is 30.3 Å². The number of amides is 3. The van der Waals surface area contributed by atoms with Gasteiger partial charge in [0.25, 0.3) is 5.56 Å². The molecule has 3 amide bonds. The van der Waals surface area contributed by atoms with E-state index in [1.165, 1.54) is 4.57 Å². The monoisotopic (exact) mass is 458 g/mol. The number of imide groups is 1. The lowest BCUT2D eigenvalue weighted by Gasteiger charge is -2.20. The summed E-state index contributed by atoms with van der Waals surface area (Å²) in [5, 5.41) is 6.34. The number of halogens is 1. The minimum absolute atomic E-state index is 0.0785. The van der Waals surface area contributed by atoms with Crippen molar-refractivity contribution in [3.63, 3.8) is 0 Å². The Labute approximate surface area is 189 Å². The van der Waals surface area contributed by atoms with Gasteiger partial charge in [-0.05, 0) is 44.5 Å². The van der Waals surface area contributed by atoms with Gasteiger partial charge in [-0.1, -0.05) is 53.7 Å². The van der Waals surface area contributed by atoms with E-state index in [2.05, 4.69) is 15.6 Å². The summed E-state index contributed by atoms with van der Waals surface area (Å²) in [5.74, 6) is -0.566. The molecule has 2 N–H and O–H groups in total. The second-order valence-electron chi connectivity index (χ2n) is 7.94. The van der Waals surface area contributed by atoms with Gasteiger partial charge in [-0.3, -0.25) is 19.5 Å². The van der Waals surface area contributed by atoms with Crippen LogP contribution in [0.4, 0.5) is 4.79 Å². The van der Waals surface area contributed by atoms with Gasteiger partial charge in [0, 0.05) is 10.6 Å². The van der Waals surface area contributed by atoms with E-state index in [4.69, 9.17) is 11.6 Å². The third-order valence-electron chi connectivity index (χ3n) is 4.19. The van der Waals surface area contributed by atoms with E-state index in [9.17, 15) is 14.4 Å². The van der Waals surface area contributed by atoms with Crippen molar-refractivity contribution in [3.05, 3.63) is 69.5 Å². The molecule has 0 bridgehead atoms. The third-order valence-corrected chi connectivity index (χ3v) is 5.53. The smallest absolute Gasteiger partial charge is 0.321 e. The average molecular weight is 459 g/mol. The van der Waals surface area contributed by atoms with E-state index in [0.717, 1.165) is 17.3 Å². The number of carbonyl (C=O) groups is 2. The molecule has 0 saturated heterocycles. The maximum absolute atomic E-state index is 13.1. The lowest BCUT2D eigenvalue weighted by Crippen LogP contribution is -2.48. The number of hydrogen-bond acceptors (Lipinski definition) is 5. The Morgan fingerprint density at radius 1 is 1.10 bits per heavy atom. The first-order chi connectivity index (χ1) is 14.6. The van der Waals surface area contributed by atoms with Crippen LogP contribution in [0, 0.1) is 0 Å². The molecule has 9 heteroatoms. The Hall–Kier alpha value is -2.84. The molecule has 2 aromatic carbocycles. The molecule has 3 rings (SSSR count). The van der Waals surface area contributed by atoms with Gasteiger partial charge in [0.2, 0.25) is 5.91 Å². The quantitative estimate of drug-likeness (QED) is 0.448. The number of urea groups is 1. The van der Waals surface area contributed by atoms with Gasteiger partial charge < -0.3 is 5.32 Å². The van der Waals surface area contributed by atoms with Gasteiger partial charge in [0.15, 0.2) is 5.16 Å². The first kappa shape index (κ1) is 22.8. The highest BCUT2D eigenvalue weighted by Crippen LogP contribution is 2.21. The number of fused-ring (bicyclic) bond motifs is 1. The SMILES string of the molecule is CC(C)(C)NC(=O)NC(=O)CSc1nc2ccccc2c(=O)n1Cc1ccccc1Cl.